The maximum Gasteiger partial charge on any atom is 0.137 e. The molecule has 1 aromatic rings. The molecule has 18 heavy (non-hydrogen) atoms. The highest BCUT2D eigenvalue weighted by Crippen LogP contribution is 2.34. The molecule has 2 heterocycles. The van der Waals surface area contributed by atoms with Gasteiger partial charge in [-0.2, -0.15) is 0 Å². The minimum absolute atomic E-state index is 0.564. The Balaban J connectivity index is 1.85. The van der Waals surface area contributed by atoms with Crippen LogP contribution in [0.15, 0.2) is 24.5 Å². The minimum Gasteiger partial charge on any atom is -0.495 e. The second-order valence-electron chi connectivity index (χ2n) is 5.23. The van der Waals surface area contributed by atoms with Crippen molar-refractivity contribution in [1.82, 2.24) is 10.3 Å². The first-order valence-corrected chi connectivity index (χ1v) is 6.80. The number of methoxy groups -OCH3 is 1. The second kappa shape index (κ2) is 5.11. The van der Waals surface area contributed by atoms with Gasteiger partial charge in [0.05, 0.1) is 13.3 Å². The molecule has 0 amide bonds. The summed E-state index contributed by atoms with van der Waals surface area (Å²) in [6.45, 7) is 1.15. The monoisotopic (exact) mass is 244 g/mol. The standard InChI is InChI=1S/C15H20N2O/c1-18-14-7-13(9-16-10-14)12-5-4-11-3-2-6-17-15(11)8-12/h7-11,15,17H,2-6H2,1H3. The van der Waals surface area contributed by atoms with E-state index < -0.39 is 0 Å². The van der Waals surface area contributed by atoms with E-state index in [2.05, 4.69) is 22.4 Å². The molecule has 0 aromatic carbocycles. The Kier molecular flexibility index (Phi) is 3.33. The van der Waals surface area contributed by atoms with Crippen LogP contribution in [0.1, 0.15) is 31.2 Å². The largest absolute Gasteiger partial charge is 0.495 e. The van der Waals surface area contributed by atoms with E-state index >= 15 is 0 Å². The van der Waals surface area contributed by atoms with Crippen LogP contribution in [0.25, 0.3) is 5.57 Å². The minimum atomic E-state index is 0.564. The zero-order valence-corrected chi connectivity index (χ0v) is 10.9. The number of piperidine rings is 1. The molecule has 0 saturated carbocycles. The molecule has 0 spiro atoms. The van der Waals surface area contributed by atoms with Gasteiger partial charge >= 0.3 is 0 Å². The van der Waals surface area contributed by atoms with E-state index in [0.29, 0.717) is 6.04 Å². The highest BCUT2D eigenvalue weighted by molar-refractivity contribution is 5.67. The van der Waals surface area contributed by atoms with Crippen molar-refractivity contribution < 1.29 is 4.74 Å². The van der Waals surface area contributed by atoms with Crippen LogP contribution in [-0.2, 0) is 0 Å². The molecular weight excluding hydrogens is 224 g/mol. The summed E-state index contributed by atoms with van der Waals surface area (Å²) in [5, 5.41) is 3.62. The van der Waals surface area contributed by atoms with Crippen LogP contribution >= 0.6 is 0 Å². The Bertz CT molecular complexity index is 456. The Morgan fingerprint density at radius 2 is 2.28 bits per heavy atom. The van der Waals surface area contributed by atoms with Gasteiger partial charge in [0.15, 0.2) is 0 Å². The number of nitrogens with one attached hydrogen (secondary N) is 1. The lowest BCUT2D eigenvalue weighted by Gasteiger charge is -2.35. The fraction of sp³-hybridized carbons (Fsp3) is 0.533. The Morgan fingerprint density at radius 3 is 3.17 bits per heavy atom. The molecule has 1 aliphatic carbocycles. The maximum atomic E-state index is 5.25. The van der Waals surface area contributed by atoms with Crippen LogP contribution in [0.3, 0.4) is 0 Å². The van der Waals surface area contributed by atoms with Gasteiger partial charge in [0.25, 0.3) is 0 Å². The first-order valence-electron chi connectivity index (χ1n) is 6.80. The SMILES string of the molecule is COc1cncc(C2=CC3NCCCC3CC2)c1. The highest BCUT2D eigenvalue weighted by Gasteiger charge is 2.27. The first-order chi connectivity index (χ1) is 8.86. The predicted molar refractivity (Wildman–Crippen MR) is 72.5 cm³/mol. The molecule has 2 aliphatic rings. The predicted octanol–water partition coefficient (Wildman–Crippen LogP) is 2.64. The van der Waals surface area contributed by atoms with Crippen molar-refractivity contribution in [1.29, 1.82) is 0 Å². The number of fused-ring (bicyclic) bond motifs is 1. The van der Waals surface area contributed by atoms with Gasteiger partial charge < -0.3 is 10.1 Å². The molecule has 1 fully saturated rings. The number of rotatable bonds is 2. The summed E-state index contributed by atoms with van der Waals surface area (Å²) in [5.74, 6) is 1.67. The topological polar surface area (TPSA) is 34.1 Å². The molecule has 1 saturated heterocycles. The molecule has 1 aliphatic heterocycles. The van der Waals surface area contributed by atoms with Gasteiger partial charge in [0, 0.05) is 12.2 Å². The summed E-state index contributed by atoms with van der Waals surface area (Å²) >= 11 is 0. The third-order valence-electron chi connectivity index (χ3n) is 4.12. The summed E-state index contributed by atoms with van der Waals surface area (Å²) in [5.41, 5.74) is 2.62. The fourth-order valence-corrected chi connectivity index (χ4v) is 3.09. The van der Waals surface area contributed by atoms with Crippen molar-refractivity contribution in [3.63, 3.8) is 0 Å². The van der Waals surface area contributed by atoms with E-state index in [4.69, 9.17) is 4.74 Å². The number of allylic oxidation sites excluding steroid dienone is 1. The number of aromatic nitrogens is 1. The molecule has 2 unspecified atom stereocenters. The zero-order valence-electron chi connectivity index (χ0n) is 10.9. The molecule has 3 heteroatoms. The van der Waals surface area contributed by atoms with Crippen LogP contribution in [0.5, 0.6) is 5.75 Å². The number of hydrogen-bond acceptors (Lipinski definition) is 3. The van der Waals surface area contributed by atoms with Crippen LogP contribution < -0.4 is 10.1 Å². The third-order valence-corrected chi connectivity index (χ3v) is 4.12. The number of hydrogen-bond donors (Lipinski definition) is 1. The molecule has 3 rings (SSSR count). The van der Waals surface area contributed by atoms with Crippen LogP contribution in [-0.4, -0.2) is 24.7 Å². The van der Waals surface area contributed by atoms with Crippen LogP contribution in [0, 0.1) is 5.92 Å². The van der Waals surface area contributed by atoms with E-state index in [1.807, 2.05) is 6.20 Å². The van der Waals surface area contributed by atoms with Crippen molar-refractivity contribution in [2.45, 2.75) is 31.7 Å². The van der Waals surface area contributed by atoms with Crippen molar-refractivity contribution in [2.24, 2.45) is 5.92 Å². The van der Waals surface area contributed by atoms with E-state index in [9.17, 15) is 0 Å². The lowest BCUT2D eigenvalue weighted by molar-refractivity contribution is 0.298. The van der Waals surface area contributed by atoms with Gasteiger partial charge in [-0.05, 0) is 55.3 Å². The summed E-state index contributed by atoms with van der Waals surface area (Å²) in [6, 6.07) is 2.65. The van der Waals surface area contributed by atoms with Gasteiger partial charge in [-0.1, -0.05) is 6.08 Å². The highest BCUT2D eigenvalue weighted by atomic mass is 16.5. The van der Waals surface area contributed by atoms with E-state index in [1.54, 1.807) is 13.3 Å². The lowest BCUT2D eigenvalue weighted by Crippen LogP contribution is -2.41. The zero-order chi connectivity index (χ0) is 12.4. The van der Waals surface area contributed by atoms with Crippen molar-refractivity contribution in [2.75, 3.05) is 13.7 Å². The summed E-state index contributed by atoms with van der Waals surface area (Å²) in [4.78, 5) is 4.25. The summed E-state index contributed by atoms with van der Waals surface area (Å²) in [6.07, 6.45) is 11.3. The average Bonchev–Trinajstić information content (AvgIpc) is 2.47. The van der Waals surface area contributed by atoms with Gasteiger partial charge in [-0.15, -0.1) is 0 Å². The second-order valence-corrected chi connectivity index (χ2v) is 5.23. The molecule has 2 atom stereocenters. The van der Waals surface area contributed by atoms with Gasteiger partial charge in [-0.25, -0.2) is 0 Å². The number of pyridine rings is 1. The maximum absolute atomic E-state index is 5.25. The van der Waals surface area contributed by atoms with Crippen LogP contribution in [0.4, 0.5) is 0 Å². The van der Waals surface area contributed by atoms with Gasteiger partial charge in [-0.3, -0.25) is 4.98 Å². The van der Waals surface area contributed by atoms with Gasteiger partial charge in [0.2, 0.25) is 0 Å². The van der Waals surface area contributed by atoms with Crippen LogP contribution in [0.2, 0.25) is 0 Å². The Morgan fingerprint density at radius 1 is 1.33 bits per heavy atom. The molecular formula is C15H20N2O. The van der Waals surface area contributed by atoms with Crippen molar-refractivity contribution in [3.05, 3.63) is 30.1 Å². The molecule has 1 aromatic heterocycles. The quantitative estimate of drug-likeness (QED) is 0.868. The van der Waals surface area contributed by atoms with E-state index in [-0.39, 0.29) is 0 Å². The summed E-state index contributed by atoms with van der Waals surface area (Å²) < 4.78 is 5.25. The fourth-order valence-electron chi connectivity index (χ4n) is 3.09. The summed E-state index contributed by atoms with van der Waals surface area (Å²) in [7, 11) is 1.69. The van der Waals surface area contributed by atoms with E-state index in [1.165, 1.54) is 30.4 Å². The molecule has 96 valence electrons. The smallest absolute Gasteiger partial charge is 0.137 e. The van der Waals surface area contributed by atoms with E-state index in [0.717, 1.165) is 24.6 Å². The average molecular weight is 244 g/mol. The van der Waals surface area contributed by atoms with Gasteiger partial charge in [0.1, 0.15) is 5.75 Å². The number of nitrogens with zero attached hydrogens (tertiary/aromatic N) is 1. The first kappa shape index (κ1) is 11.7. The third kappa shape index (κ3) is 2.27. The number of ether oxygens (including phenoxy) is 1. The normalized spacial score (nSPS) is 27.3. The molecule has 3 nitrogen and oxygen atoms in total. The molecule has 0 radical (unpaired) electrons. The lowest BCUT2D eigenvalue weighted by atomic mass is 9.79. The Hall–Kier alpha value is -1.35. The Labute approximate surface area is 108 Å². The van der Waals surface area contributed by atoms with Crippen molar-refractivity contribution in [3.8, 4) is 5.75 Å². The molecule has 1 N–H and O–H groups in total. The van der Waals surface area contributed by atoms with Crippen molar-refractivity contribution >= 4 is 5.57 Å². The molecule has 0 bridgehead atoms.